The molecule has 0 radical (unpaired) electrons. The largest absolute Gasteiger partial charge is 0.295 e. The van der Waals surface area contributed by atoms with Gasteiger partial charge in [-0.2, -0.15) is 0 Å². The monoisotopic (exact) mass is 316 g/mol. The lowest BCUT2D eigenvalue weighted by Crippen LogP contribution is -2.36. The van der Waals surface area contributed by atoms with Gasteiger partial charge in [-0.15, -0.1) is 0 Å². The molecule has 1 aromatic heterocycles. The van der Waals surface area contributed by atoms with Gasteiger partial charge in [-0.1, -0.05) is 31.0 Å². The molecule has 0 amide bonds. The summed E-state index contributed by atoms with van der Waals surface area (Å²) >= 11 is 6.11. The molecule has 1 atom stereocenters. The van der Waals surface area contributed by atoms with Gasteiger partial charge in [0, 0.05) is 24.3 Å². The Bertz CT molecular complexity index is 548. The molecule has 1 aliphatic rings. The summed E-state index contributed by atoms with van der Waals surface area (Å²) in [5.41, 5.74) is 0.967. The van der Waals surface area contributed by atoms with Crippen LogP contribution in [0.5, 0.6) is 0 Å². The Labute approximate surface area is 126 Å². The van der Waals surface area contributed by atoms with Crippen molar-refractivity contribution in [2.45, 2.75) is 38.8 Å². The van der Waals surface area contributed by atoms with Gasteiger partial charge in [0.25, 0.3) is 0 Å². The van der Waals surface area contributed by atoms with Gasteiger partial charge in [-0.25, -0.2) is 13.4 Å². The van der Waals surface area contributed by atoms with Crippen molar-refractivity contribution in [2.24, 2.45) is 0 Å². The molecule has 0 N–H and O–H groups in total. The maximum atomic E-state index is 11.7. The first kappa shape index (κ1) is 15.7. The summed E-state index contributed by atoms with van der Waals surface area (Å²) < 4.78 is 23.3. The fraction of sp³-hybridized carbons (Fsp3) is 0.643. The van der Waals surface area contributed by atoms with Crippen molar-refractivity contribution in [3.8, 4) is 0 Å². The first-order valence-corrected chi connectivity index (χ1v) is 9.25. The lowest BCUT2D eigenvalue weighted by Gasteiger charge is -2.28. The number of hydrogen-bond acceptors (Lipinski definition) is 4. The minimum absolute atomic E-state index is 0.114. The fourth-order valence-corrected chi connectivity index (χ4v) is 4.51. The van der Waals surface area contributed by atoms with Crippen molar-refractivity contribution in [1.82, 2.24) is 9.88 Å². The molecule has 20 heavy (non-hydrogen) atoms. The lowest BCUT2D eigenvalue weighted by molar-refractivity contribution is 0.200. The van der Waals surface area contributed by atoms with Gasteiger partial charge in [-0.3, -0.25) is 4.90 Å². The quantitative estimate of drug-likeness (QED) is 0.757. The number of pyridine rings is 1. The zero-order valence-corrected chi connectivity index (χ0v) is 13.3. The molecule has 4 nitrogen and oxygen atoms in total. The molecule has 6 heteroatoms. The number of rotatable bonds is 6. The van der Waals surface area contributed by atoms with Crippen LogP contribution in [0.15, 0.2) is 18.3 Å². The smallest absolute Gasteiger partial charge is 0.151 e. The first-order chi connectivity index (χ1) is 9.52. The van der Waals surface area contributed by atoms with E-state index < -0.39 is 9.84 Å². The van der Waals surface area contributed by atoms with Gasteiger partial charge in [0.1, 0.15) is 5.15 Å². The van der Waals surface area contributed by atoms with Crippen LogP contribution in [0, 0.1) is 0 Å². The molecule has 1 saturated heterocycles. The minimum atomic E-state index is -2.86. The molecule has 112 valence electrons. The van der Waals surface area contributed by atoms with Crippen molar-refractivity contribution < 1.29 is 8.42 Å². The van der Waals surface area contributed by atoms with Gasteiger partial charge < -0.3 is 0 Å². The number of aromatic nitrogens is 1. The molecule has 0 saturated carbocycles. The number of sulfone groups is 1. The SMILES string of the molecule is CCCCN(Cc1cccnc1Cl)C1CCS(=O)(=O)C1. The van der Waals surface area contributed by atoms with E-state index in [2.05, 4.69) is 16.8 Å². The Morgan fingerprint density at radius 1 is 1.50 bits per heavy atom. The average Bonchev–Trinajstić information content (AvgIpc) is 2.77. The van der Waals surface area contributed by atoms with Crippen LogP contribution >= 0.6 is 11.6 Å². The Hall–Kier alpha value is -0.650. The Kier molecular flexibility index (Phi) is 5.41. The molecular weight excluding hydrogens is 296 g/mol. The van der Waals surface area contributed by atoms with Gasteiger partial charge in [0.15, 0.2) is 9.84 Å². The summed E-state index contributed by atoms with van der Waals surface area (Å²) in [5.74, 6) is 0.579. The van der Waals surface area contributed by atoms with Gasteiger partial charge in [-0.05, 0) is 25.5 Å². The predicted molar refractivity (Wildman–Crippen MR) is 81.6 cm³/mol. The standard InChI is InChI=1S/C14H21ClN2O2S/c1-2-3-8-17(13-6-9-20(18,19)11-13)10-12-5-4-7-16-14(12)15/h4-5,7,13H,2-3,6,8-11H2,1H3. The van der Waals surface area contributed by atoms with Crippen molar-refractivity contribution in [1.29, 1.82) is 0 Å². The normalized spacial score (nSPS) is 21.4. The summed E-state index contributed by atoms with van der Waals surface area (Å²) in [7, 11) is -2.86. The van der Waals surface area contributed by atoms with Crippen molar-refractivity contribution in [3.05, 3.63) is 29.0 Å². The zero-order chi connectivity index (χ0) is 14.6. The third-order valence-electron chi connectivity index (χ3n) is 3.73. The highest BCUT2D eigenvalue weighted by Crippen LogP contribution is 2.22. The maximum absolute atomic E-state index is 11.7. The van der Waals surface area contributed by atoms with E-state index in [9.17, 15) is 8.42 Å². The predicted octanol–water partition coefficient (Wildman–Crippen LogP) is 2.52. The molecule has 0 aliphatic carbocycles. The highest BCUT2D eigenvalue weighted by atomic mass is 35.5. The van der Waals surface area contributed by atoms with E-state index in [4.69, 9.17) is 11.6 Å². The average molecular weight is 317 g/mol. The van der Waals surface area contributed by atoms with Crippen LogP contribution in [0.4, 0.5) is 0 Å². The second-order valence-corrected chi connectivity index (χ2v) is 7.92. The molecule has 2 heterocycles. The Morgan fingerprint density at radius 2 is 2.30 bits per heavy atom. The van der Waals surface area contributed by atoms with Crippen molar-refractivity contribution in [3.63, 3.8) is 0 Å². The number of halogens is 1. The maximum Gasteiger partial charge on any atom is 0.151 e. The second-order valence-electron chi connectivity index (χ2n) is 5.33. The molecule has 0 aromatic carbocycles. The van der Waals surface area contributed by atoms with Gasteiger partial charge >= 0.3 is 0 Å². The summed E-state index contributed by atoms with van der Waals surface area (Å²) in [4.78, 5) is 6.34. The molecule has 1 unspecified atom stereocenters. The molecule has 1 fully saturated rings. The molecule has 1 aromatic rings. The van der Waals surface area contributed by atoms with E-state index in [0.717, 1.165) is 31.4 Å². The topological polar surface area (TPSA) is 50.3 Å². The van der Waals surface area contributed by atoms with Crippen LogP contribution in [-0.4, -0.2) is 42.4 Å². The van der Waals surface area contributed by atoms with Crippen molar-refractivity contribution in [2.75, 3.05) is 18.1 Å². The Balaban J connectivity index is 2.10. The summed E-state index contributed by atoms with van der Waals surface area (Å²) in [6.07, 6.45) is 4.55. The van der Waals surface area contributed by atoms with Crippen LogP contribution < -0.4 is 0 Å². The van der Waals surface area contributed by atoms with Crippen LogP contribution in [0.1, 0.15) is 31.7 Å². The molecule has 0 spiro atoms. The van der Waals surface area contributed by atoms with Crippen molar-refractivity contribution >= 4 is 21.4 Å². The van der Waals surface area contributed by atoms with E-state index in [1.807, 2.05) is 12.1 Å². The van der Waals surface area contributed by atoms with E-state index >= 15 is 0 Å². The molecule has 2 rings (SSSR count). The van der Waals surface area contributed by atoms with E-state index in [0.29, 0.717) is 17.5 Å². The van der Waals surface area contributed by atoms with E-state index in [1.165, 1.54) is 0 Å². The highest BCUT2D eigenvalue weighted by molar-refractivity contribution is 7.91. The van der Waals surface area contributed by atoms with Gasteiger partial charge in [0.2, 0.25) is 0 Å². The molecular formula is C14H21ClN2O2S. The summed E-state index contributed by atoms with van der Waals surface area (Å²) in [6.45, 7) is 3.72. The fourth-order valence-electron chi connectivity index (χ4n) is 2.57. The van der Waals surface area contributed by atoms with Crippen LogP contribution in [0.25, 0.3) is 0 Å². The minimum Gasteiger partial charge on any atom is -0.295 e. The third-order valence-corrected chi connectivity index (χ3v) is 5.82. The molecule has 0 bridgehead atoms. The number of nitrogens with zero attached hydrogens (tertiary/aromatic N) is 2. The van der Waals surface area contributed by atoms with Gasteiger partial charge in [0.05, 0.1) is 11.5 Å². The lowest BCUT2D eigenvalue weighted by atomic mass is 10.1. The first-order valence-electron chi connectivity index (χ1n) is 7.05. The zero-order valence-electron chi connectivity index (χ0n) is 11.8. The Morgan fingerprint density at radius 3 is 2.90 bits per heavy atom. The highest BCUT2D eigenvalue weighted by Gasteiger charge is 2.32. The second kappa shape index (κ2) is 6.87. The third kappa shape index (κ3) is 4.17. The van der Waals surface area contributed by atoms with Crippen LogP contribution in [-0.2, 0) is 16.4 Å². The van der Waals surface area contributed by atoms with Crippen LogP contribution in [0.3, 0.4) is 0 Å². The summed E-state index contributed by atoms with van der Waals surface area (Å²) in [6, 6.07) is 3.94. The number of hydrogen-bond donors (Lipinski definition) is 0. The van der Waals surface area contributed by atoms with Crippen LogP contribution in [0.2, 0.25) is 5.15 Å². The summed E-state index contributed by atoms with van der Waals surface area (Å²) in [5, 5.41) is 0.509. The number of unbranched alkanes of at least 4 members (excludes halogenated alkanes) is 1. The molecule has 1 aliphatic heterocycles. The van der Waals surface area contributed by atoms with E-state index in [1.54, 1.807) is 6.20 Å². The van der Waals surface area contributed by atoms with E-state index in [-0.39, 0.29) is 11.8 Å².